The Morgan fingerprint density at radius 1 is 0.680 bits per heavy atom. The summed E-state index contributed by atoms with van der Waals surface area (Å²) in [4.78, 5) is 0. The van der Waals surface area contributed by atoms with Gasteiger partial charge in [0.05, 0.1) is 24.4 Å². The van der Waals surface area contributed by atoms with Crippen LogP contribution in [-0.2, 0) is 6.54 Å². The van der Waals surface area contributed by atoms with Gasteiger partial charge in [-0.05, 0) is 16.7 Å². The molecule has 6 nitrogen and oxygen atoms in total. The number of aliphatic hydroxyl groups excluding tert-OH is 4. The molecule has 4 atom stereocenters. The summed E-state index contributed by atoms with van der Waals surface area (Å²) in [7, 11) is 0. The highest BCUT2D eigenvalue weighted by Crippen LogP contribution is 2.43. The third kappa shape index (κ3) is 3.73. The highest BCUT2D eigenvalue weighted by molar-refractivity contribution is 5.68. The molecule has 25 heavy (non-hydrogen) atoms. The van der Waals surface area contributed by atoms with E-state index in [1.54, 1.807) is 0 Å². The van der Waals surface area contributed by atoms with Gasteiger partial charge in [-0.25, -0.2) is 0 Å². The van der Waals surface area contributed by atoms with Crippen LogP contribution in [0.1, 0.15) is 52.2 Å². The fourth-order valence-corrected chi connectivity index (χ4v) is 2.91. The minimum Gasteiger partial charge on any atom is -0.398 e. The van der Waals surface area contributed by atoms with Crippen molar-refractivity contribution >= 4 is 5.69 Å². The summed E-state index contributed by atoms with van der Waals surface area (Å²) in [6, 6.07) is 0. The zero-order valence-electron chi connectivity index (χ0n) is 14.1. The van der Waals surface area contributed by atoms with Crippen LogP contribution in [0.5, 0.6) is 0 Å². The summed E-state index contributed by atoms with van der Waals surface area (Å²) < 4.78 is 0. The van der Waals surface area contributed by atoms with E-state index >= 15 is 0 Å². The van der Waals surface area contributed by atoms with Crippen molar-refractivity contribution in [1.29, 1.82) is 0 Å². The number of nitrogen functional groups attached to an aromatic ring is 1. The number of rotatable bonds is 9. The number of anilines is 1. The molecule has 8 N–H and O–H groups in total. The van der Waals surface area contributed by atoms with Crippen LogP contribution in [0.3, 0.4) is 0 Å². The molecule has 0 aliphatic rings. The Morgan fingerprint density at radius 2 is 1.04 bits per heavy atom. The molecule has 1 rings (SSSR count). The van der Waals surface area contributed by atoms with Crippen LogP contribution >= 0.6 is 0 Å². The normalized spacial score (nSPS) is 15.7. The summed E-state index contributed by atoms with van der Waals surface area (Å²) in [5.41, 5.74) is 13.1. The topological polar surface area (TPSA) is 133 Å². The summed E-state index contributed by atoms with van der Waals surface area (Å²) >= 11 is 0. The first-order valence-corrected chi connectivity index (χ1v) is 7.70. The molecule has 1 aromatic rings. The molecule has 136 valence electrons. The number of aliphatic hydroxyl groups is 4. The van der Waals surface area contributed by atoms with Gasteiger partial charge >= 0.3 is 0 Å². The largest absolute Gasteiger partial charge is 0.398 e. The van der Waals surface area contributed by atoms with Gasteiger partial charge in [0.15, 0.2) is 0 Å². The van der Waals surface area contributed by atoms with Crippen molar-refractivity contribution < 1.29 is 20.4 Å². The maximum atomic E-state index is 10.4. The lowest BCUT2D eigenvalue weighted by atomic mass is 9.81. The first-order chi connectivity index (χ1) is 11.8. The molecule has 6 heteroatoms. The van der Waals surface area contributed by atoms with E-state index in [-0.39, 0.29) is 34.5 Å². The van der Waals surface area contributed by atoms with Crippen LogP contribution in [0.4, 0.5) is 5.69 Å². The van der Waals surface area contributed by atoms with Gasteiger partial charge in [0.25, 0.3) is 0 Å². The lowest BCUT2D eigenvalue weighted by molar-refractivity contribution is 0.190. The van der Waals surface area contributed by atoms with Gasteiger partial charge < -0.3 is 31.9 Å². The average molecular weight is 346 g/mol. The fraction of sp³-hybridized carbons (Fsp3) is 0.263. The van der Waals surface area contributed by atoms with E-state index in [4.69, 9.17) is 11.5 Å². The van der Waals surface area contributed by atoms with Crippen molar-refractivity contribution in [2.75, 3.05) is 5.73 Å². The fourth-order valence-electron chi connectivity index (χ4n) is 2.91. The second-order valence-electron chi connectivity index (χ2n) is 5.47. The van der Waals surface area contributed by atoms with Crippen LogP contribution in [0.25, 0.3) is 0 Å². The van der Waals surface area contributed by atoms with Crippen molar-refractivity contribution in [2.24, 2.45) is 5.73 Å². The second kappa shape index (κ2) is 8.75. The summed E-state index contributed by atoms with van der Waals surface area (Å²) in [6.45, 7) is 14.1. The second-order valence-corrected chi connectivity index (χ2v) is 5.47. The van der Waals surface area contributed by atoms with Crippen LogP contribution in [-0.4, -0.2) is 20.4 Å². The Morgan fingerprint density at radius 3 is 1.44 bits per heavy atom. The van der Waals surface area contributed by atoms with Crippen LogP contribution in [0.15, 0.2) is 50.6 Å². The van der Waals surface area contributed by atoms with E-state index in [2.05, 4.69) is 26.3 Å². The smallest absolute Gasteiger partial charge is 0.0993 e. The Labute approximate surface area is 147 Å². The lowest BCUT2D eigenvalue weighted by Crippen LogP contribution is -2.21. The summed E-state index contributed by atoms with van der Waals surface area (Å²) in [6.07, 6.45) is 0.0780. The van der Waals surface area contributed by atoms with E-state index in [0.717, 1.165) is 0 Å². The SMILES string of the molecule is C=CC(O)c1c(N)c(C(O)C=C)c(C(O)C=C)c(C(O)C=C)c1CN. The minimum absolute atomic E-state index is 0.0381. The monoisotopic (exact) mass is 346 g/mol. The Hall–Kier alpha value is -2.22. The van der Waals surface area contributed by atoms with Gasteiger partial charge in [0.2, 0.25) is 0 Å². The van der Waals surface area contributed by atoms with Gasteiger partial charge in [-0.2, -0.15) is 0 Å². The van der Waals surface area contributed by atoms with Gasteiger partial charge in [-0.15, -0.1) is 26.3 Å². The maximum Gasteiger partial charge on any atom is 0.0993 e. The Kier molecular flexibility index (Phi) is 7.29. The molecular weight excluding hydrogens is 320 g/mol. The summed E-state index contributed by atoms with van der Waals surface area (Å²) in [5.74, 6) is 0. The lowest BCUT2D eigenvalue weighted by Gasteiger charge is -2.29. The highest BCUT2D eigenvalue weighted by atomic mass is 16.3. The maximum absolute atomic E-state index is 10.4. The quantitative estimate of drug-likeness (QED) is 0.297. The third-order valence-corrected chi connectivity index (χ3v) is 4.09. The van der Waals surface area contributed by atoms with Gasteiger partial charge in [-0.1, -0.05) is 24.3 Å². The molecule has 0 aromatic heterocycles. The van der Waals surface area contributed by atoms with Crippen molar-refractivity contribution in [3.63, 3.8) is 0 Å². The Bertz CT molecular complexity index is 685. The van der Waals surface area contributed by atoms with E-state index < -0.39 is 24.4 Å². The average Bonchev–Trinajstić information content (AvgIpc) is 2.63. The predicted octanol–water partition coefficient (Wildman–Crippen LogP) is 1.61. The number of benzene rings is 1. The molecule has 0 saturated carbocycles. The first-order valence-electron chi connectivity index (χ1n) is 7.70. The molecule has 0 amide bonds. The van der Waals surface area contributed by atoms with Crippen LogP contribution in [0.2, 0.25) is 0 Å². The number of hydrogen-bond donors (Lipinski definition) is 6. The van der Waals surface area contributed by atoms with Gasteiger partial charge in [0.1, 0.15) is 0 Å². The molecule has 0 saturated heterocycles. The number of hydrogen-bond acceptors (Lipinski definition) is 6. The van der Waals surface area contributed by atoms with E-state index in [0.29, 0.717) is 5.56 Å². The zero-order chi connectivity index (χ0) is 19.3. The van der Waals surface area contributed by atoms with Crippen molar-refractivity contribution in [3.8, 4) is 0 Å². The zero-order valence-corrected chi connectivity index (χ0v) is 14.1. The molecule has 0 aliphatic heterocycles. The Balaban J connectivity index is 4.18. The molecule has 1 aromatic carbocycles. The van der Waals surface area contributed by atoms with Crippen LogP contribution < -0.4 is 11.5 Å². The standard InChI is InChI=1S/C19H26N2O4/c1-5-11(22)15-10(9-20)16(12(23)6-2)19(21)18(14(25)8-4)17(15)13(24)7-3/h5-8,11-14,22-25H,1-4,9,20-21H2. The predicted molar refractivity (Wildman–Crippen MR) is 99.4 cm³/mol. The third-order valence-electron chi connectivity index (χ3n) is 4.09. The molecule has 0 radical (unpaired) electrons. The highest BCUT2D eigenvalue weighted by Gasteiger charge is 2.31. The van der Waals surface area contributed by atoms with E-state index in [9.17, 15) is 20.4 Å². The van der Waals surface area contributed by atoms with Gasteiger partial charge in [0, 0.05) is 23.4 Å². The summed E-state index contributed by atoms with van der Waals surface area (Å²) in [5, 5.41) is 41.5. The van der Waals surface area contributed by atoms with E-state index in [1.165, 1.54) is 24.3 Å². The molecular formula is C19H26N2O4. The molecule has 0 spiro atoms. The van der Waals surface area contributed by atoms with Crippen molar-refractivity contribution in [2.45, 2.75) is 31.0 Å². The molecule has 0 aliphatic carbocycles. The van der Waals surface area contributed by atoms with Gasteiger partial charge in [-0.3, -0.25) is 0 Å². The van der Waals surface area contributed by atoms with E-state index in [1.807, 2.05) is 0 Å². The molecule has 0 fully saturated rings. The first kappa shape index (κ1) is 20.8. The van der Waals surface area contributed by atoms with Crippen molar-refractivity contribution in [1.82, 2.24) is 0 Å². The minimum atomic E-state index is -1.25. The molecule has 0 heterocycles. The number of nitrogens with two attached hydrogens (primary N) is 2. The molecule has 0 bridgehead atoms. The van der Waals surface area contributed by atoms with Crippen LogP contribution in [0, 0.1) is 0 Å². The van der Waals surface area contributed by atoms with Crippen molar-refractivity contribution in [3.05, 3.63) is 78.4 Å². The molecule has 4 unspecified atom stereocenters.